The number of carboxylic acid groups (broad SMARTS) is 1. The van der Waals surface area contributed by atoms with Gasteiger partial charge in [0.15, 0.2) is 0 Å². The summed E-state index contributed by atoms with van der Waals surface area (Å²) < 4.78 is 0. The summed E-state index contributed by atoms with van der Waals surface area (Å²) in [5.41, 5.74) is 5.39. The second-order valence-corrected chi connectivity index (χ2v) is 8.63. The normalized spacial score (nSPS) is 26.4. The SMILES string of the molecule is CC1=C(/C=C/C(C)=C/C=C/C(C)=C/C(=O)O)[C@](C)(C2CCCCC2)CCC1. The third kappa shape index (κ3) is 6.09. The van der Waals surface area contributed by atoms with Gasteiger partial charge in [-0.25, -0.2) is 4.79 Å². The van der Waals surface area contributed by atoms with Gasteiger partial charge in [-0.05, 0) is 75.4 Å². The van der Waals surface area contributed by atoms with Crippen LogP contribution in [-0.4, -0.2) is 11.1 Å². The van der Waals surface area contributed by atoms with E-state index in [1.165, 1.54) is 63.0 Å². The van der Waals surface area contributed by atoms with Gasteiger partial charge in [-0.3, -0.25) is 0 Å². The van der Waals surface area contributed by atoms with Crippen LogP contribution in [0.3, 0.4) is 0 Å². The van der Waals surface area contributed by atoms with Crippen LogP contribution in [0, 0.1) is 11.3 Å². The first-order valence-corrected chi connectivity index (χ1v) is 10.5. The van der Waals surface area contributed by atoms with Gasteiger partial charge < -0.3 is 5.11 Å². The highest BCUT2D eigenvalue weighted by Crippen LogP contribution is 2.51. The minimum Gasteiger partial charge on any atom is -0.478 e. The molecule has 0 amide bonds. The lowest BCUT2D eigenvalue weighted by molar-refractivity contribution is -0.131. The Balaban J connectivity index is 2.15. The van der Waals surface area contributed by atoms with Crippen molar-refractivity contribution in [2.24, 2.45) is 11.3 Å². The van der Waals surface area contributed by atoms with Crippen molar-refractivity contribution >= 4 is 5.97 Å². The van der Waals surface area contributed by atoms with Gasteiger partial charge in [-0.1, -0.05) is 67.7 Å². The van der Waals surface area contributed by atoms with Crippen LogP contribution < -0.4 is 0 Å². The third-order valence-corrected chi connectivity index (χ3v) is 6.41. The van der Waals surface area contributed by atoms with Crippen LogP contribution in [0.5, 0.6) is 0 Å². The van der Waals surface area contributed by atoms with E-state index < -0.39 is 5.97 Å². The maximum Gasteiger partial charge on any atom is 0.328 e. The van der Waals surface area contributed by atoms with Gasteiger partial charge in [-0.2, -0.15) is 0 Å². The van der Waals surface area contributed by atoms with Crippen molar-refractivity contribution < 1.29 is 9.90 Å². The van der Waals surface area contributed by atoms with E-state index in [4.69, 9.17) is 5.11 Å². The molecule has 1 N–H and O–H groups in total. The zero-order valence-electron chi connectivity index (χ0n) is 17.6. The zero-order chi connectivity index (χ0) is 19.9. The number of hydrogen-bond acceptors (Lipinski definition) is 1. The number of hydrogen-bond donors (Lipinski definition) is 1. The van der Waals surface area contributed by atoms with E-state index in [1.54, 1.807) is 18.1 Å². The van der Waals surface area contributed by atoms with Gasteiger partial charge >= 0.3 is 5.97 Å². The molecule has 1 atom stereocenters. The number of carboxylic acids is 1. The fourth-order valence-corrected chi connectivity index (χ4v) is 4.84. The molecule has 0 saturated heterocycles. The van der Waals surface area contributed by atoms with Crippen LogP contribution in [0.1, 0.15) is 79.1 Å². The molecular weight excluding hydrogens is 332 g/mol. The third-order valence-electron chi connectivity index (χ3n) is 6.41. The molecule has 2 aliphatic carbocycles. The number of aliphatic carboxylic acids is 1. The molecule has 148 valence electrons. The van der Waals surface area contributed by atoms with Crippen molar-refractivity contribution in [1.29, 1.82) is 0 Å². The van der Waals surface area contributed by atoms with E-state index in [9.17, 15) is 4.79 Å². The van der Waals surface area contributed by atoms with Crippen molar-refractivity contribution in [1.82, 2.24) is 0 Å². The van der Waals surface area contributed by atoms with Gasteiger partial charge in [0, 0.05) is 6.08 Å². The zero-order valence-corrected chi connectivity index (χ0v) is 17.6. The van der Waals surface area contributed by atoms with Gasteiger partial charge in [0.25, 0.3) is 0 Å². The predicted molar refractivity (Wildman–Crippen MR) is 115 cm³/mol. The Labute approximate surface area is 165 Å². The molecule has 2 heteroatoms. The largest absolute Gasteiger partial charge is 0.478 e. The van der Waals surface area contributed by atoms with E-state index in [-0.39, 0.29) is 0 Å². The Morgan fingerprint density at radius 2 is 1.78 bits per heavy atom. The van der Waals surface area contributed by atoms with Crippen molar-refractivity contribution in [3.05, 3.63) is 58.7 Å². The van der Waals surface area contributed by atoms with E-state index in [0.717, 1.165) is 11.5 Å². The summed E-state index contributed by atoms with van der Waals surface area (Å²) >= 11 is 0. The average molecular weight is 369 g/mol. The molecule has 0 bridgehead atoms. The lowest BCUT2D eigenvalue weighted by Gasteiger charge is -2.44. The van der Waals surface area contributed by atoms with Gasteiger partial charge in [0.2, 0.25) is 0 Å². The van der Waals surface area contributed by atoms with Crippen LogP contribution in [0.15, 0.2) is 58.7 Å². The standard InChI is InChI=1S/C25H36O2/c1-19(10-8-11-20(2)18-24(26)27)15-16-23-21(3)12-9-17-25(23,4)22-13-6-5-7-14-22/h8,10-11,15-16,18,22H,5-7,9,12-14,17H2,1-4H3,(H,26,27)/b11-8+,16-15+,19-10+,20-18+/t25-/m0/s1. The van der Waals surface area contributed by atoms with Crippen LogP contribution in [0.4, 0.5) is 0 Å². The summed E-state index contributed by atoms with van der Waals surface area (Å²) in [6.07, 6.45) is 22.4. The molecule has 27 heavy (non-hydrogen) atoms. The van der Waals surface area contributed by atoms with Crippen LogP contribution >= 0.6 is 0 Å². The quantitative estimate of drug-likeness (QED) is 0.399. The highest BCUT2D eigenvalue weighted by Gasteiger charge is 2.39. The maximum absolute atomic E-state index is 10.7. The molecule has 0 aliphatic heterocycles. The Morgan fingerprint density at radius 3 is 2.44 bits per heavy atom. The van der Waals surface area contributed by atoms with Crippen LogP contribution in [0.2, 0.25) is 0 Å². The molecule has 0 aromatic heterocycles. The molecule has 2 aliphatic rings. The maximum atomic E-state index is 10.7. The Hall–Kier alpha value is -1.83. The number of carbonyl (C=O) groups is 1. The monoisotopic (exact) mass is 368 g/mol. The lowest BCUT2D eigenvalue weighted by atomic mass is 9.60. The minimum atomic E-state index is -0.903. The fourth-order valence-electron chi connectivity index (χ4n) is 4.84. The van der Waals surface area contributed by atoms with Gasteiger partial charge in [0.1, 0.15) is 0 Å². The molecule has 0 unspecified atom stereocenters. The highest BCUT2D eigenvalue weighted by atomic mass is 16.4. The predicted octanol–water partition coefficient (Wildman–Crippen LogP) is 7.16. The molecule has 2 nitrogen and oxygen atoms in total. The van der Waals surface area contributed by atoms with E-state index in [1.807, 2.05) is 18.2 Å². The van der Waals surface area contributed by atoms with E-state index in [0.29, 0.717) is 5.41 Å². The molecule has 0 aromatic rings. The summed E-state index contributed by atoms with van der Waals surface area (Å²) in [5.74, 6) is -0.0754. The highest BCUT2D eigenvalue weighted by molar-refractivity contribution is 5.81. The van der Waals surface area contributed by atoms with Crippen LogP contribution in [-0.2, 0) is 4.79 Å². The van der Waals surface area contributed by atoms with Crippen LogP contribution in [0.25, 0.3) is 0 Å². The molecule has 0 radical (unpaired) electrons. The summed E-state index contributed by atoms with van der Waals surface area (Å²) in [5, 5.41) is 8.76. The molecule has 1 fully saturated rings. The Morgan fingerprint density at radius 1 is 1.07 bits per heavy atom. The minimum absolute atomic E-state index is 0.330. The Bertz CT molecular complexity index is 681. The molecule has 0 heterocycles. The first-order valence-electron chi connectivity index (χ1n) is 10.5. The summed E-state index contributed by atoms with van der Waals surface area (Å²) in [6.45, 7) is 8.73. The fraction of sp³-hybridized carbons (Fsp3) is 0.560. The first kappa shape index (κ1) is 21.5. The first-order chi connectivity index (χ1) is 12.8. The second-order valence-electron chi connectivity index (χ2n) is 8.63. The van der Waals surface area contributed by atoms with E-state index in [2.05, 4.69) is 32.9 Å². The van der Waals surface area contributed by atoms with Crippen molar-refractivity contribution in [2.45, 2.75) is 79.1 Å². The molecule has 1 saturated carbocycles. The van der Waals surface area contributed by atoms with Crippen molar-refractivity contribution in [3.8, 4) is 0 Å². The average Bonchev–Trinajstić information content (AvgIpc) is 2.61. The number of allylic oxidation sites excluding steroid dienone is 9. The second kappa shape index (κ2) is 9.92. The molecule has 0 spiro atoms. The van der Waals surface area contributed by atoms with Gasteiger partial charge in [-0.15, -0.1) is 0 Å². The lowest BCUT2D eigenvalue weighted by Crippen LogP contribution is -2.33. The topological polar surface area (TPSA) is 37.3 Å². The summed E-state index contributed by atoms with van der Waals surface area (Å²) in [7, 11) is 0. The summed E-state index contributed by atoms with van der Waals surface area (Å²) in [4.78, 5) is 10.7. The smallest absolute Gasteiger partial charge is 0.328 e. The van der Waals surface area contributed by atoms with Crippen molar-refractivity contribution in [2.75, 3.05) is 0 Å². The van der Waals surface area contributed by atoms with Gasteiger partial charge in [0.05, 0.1) is 0 Å². The van der Waals surface area contributed by atoms with E-state index >= 15 is 0 Å². The molecular formula is C25H36O2. The summed E-state index contributed by atoms with van der Waals surface area (Å²) in [6, 6.07) is 0. The number of rotatable bonds is 6. The Kier molecular flexibility index (Phi) is 7.89. The molecule has 2 rings (SSSR count). The van der Waals surface area contributed by atoms with Crippen molar-refractivity contribution in [3.63, 3.8) is 0 Å². The molecule has 0 aromatic carbocycles.